The molecule has 3 rings (SSSR count). The fraction of sp³-hybridized carbons (Fsp3) is 0.368. The first-order valence-corrected chi connectivity index (χ1v) is 8.37. The Bertz CT molecular complexity index is 719. The second-order valence-electron chi connectivity index (χ2n) is 6.26. The maximum atomic E-state index is 13.3. The highest BCUT2D eigenvalue weighted by Gasteiger charge is 2.43. The van der Waals surface area contributed by atoms with Gasteiger partial charge in [-0.25, -0.2) is 0 Å². The summed E-state index contributed by atoms with van der Waals surface area (Å²) < 4.78 is 45.0. The van der Waals surface area contributed by atoms with Crippen molar-refractivity contribution in [2.45, 2.75) is 37.7 Å². The first-order valence-electron chi connectivity index (χ1n) is 8.37. The lowest BCUT2D eigenvalue weighted by atomic mass is 10.1. The first kappa shape index (κ1) is 18.4. The van der Waals surface area contributed by atoms with Crippen molar-refractivity contribution in [1.29, 1.82) is 0 Å². The van der Waals surface area contributed by atoms with Gasteiger partial charge in [0.15, 0.2) is 6.10 Å². The van der Waals surface area contributed by atoms with E-state index in [0.29, 0.717) is 6.54 Å². The fourth-order valence-electron chi connectivity index (χ4n) is 2.74. The van der Waals surface area contributed by atoms with Gasteiger partial charge in [0.2, 0.25) is 5.91 Å². The summed E-state index contributed by atoms with van der Waals surface area (Å²) in [4.78, 5) is 18.1. The van der Waals surface area contributed by atoms with Gasteiger partial charge in [-0.3, -0.25) is 9.78 Å². The van der Waals surface area contributed by atoms with Gasteiger partial charge in [0.25, 0.3) is 0 Å². The number of carbonyl (C=O) groups is 1. The van der Waals surface area contributed by atoms with Crippen LogP contribution in [0.1, 0.15) is 30.1 Å². The third kappa shape index (κ3) is 4.82. The molecule has 0 unspecified atom stereocenters. The Hall–Kier alpha value is -2.41. The van der Waals surface area contributed by atoms with Gasteiger partial charge in [0.05, 0.1) is 0 Å². The lowest BCUT2D eigenvalue weighted by Gasteiger charge is -2.25. The van der Waals surface area contributed by atoms with Crippen molar-refractivity contribution < 1.29 is 22.7 Å². The molecule has 1 atom stereocenters. The maximum Gasteiger partial charge on any atom is 0.418 e. The van der Waals surface area contributed by atoms with Gasteiger partial charge < -0.3 is 9.64 Å². The van der Waals surface area contributed by atoms with E-state index < -0.39 is 24.8 Å². The van der Waals surface area contributed by atoms with Crippen LogP contribution in [0.5, 0.6) is 0 Å². The number of rotatable bonds is 7. The van der Waals surface area contributed by atoms with Crippen molar-refractivity contribution in [3.8, 4) is 0 Å². The second-order valence-corrected chi connectivity index (χ2v) is 6.26. The van der Waals surface area contributed by atoms with Crippen molar-refractivity contribution in [2.24, 2.45) is 0 Å². The number of amides is 1. The van der Waals surface area contributed by atoms with Gasteiger partial charge in [-0.05, 0) is 30.0 Å². The molecule has 1 aliphatic rings. The minimum atomic E-state index is -4.59. The van der Waals surface area contributed by atoms with Gasteiger partial charge in [-0.2, -0.15) is 13.2 Å². The predicted molar refractivity (Wildman–Crippen MR) is 89.0 cm³/mol. The minimum Gasteiger partial charge on any atom is -0.354 e. The van der Waals surface area contributed by atoms with Crippen LogP contribution >= 0.6 is 0 Å². The van der Waals surface area contributed by atoms with Crippen LogP contribution in [-0.4, -0.2) is 34.6 Å². The molecule has 4 nitrogen and oxygen atoms in total. The van der Waals surface area contributed by atoms with Gasteiger partial charge in [0.1, 0.15) is 6.61 Å². The zero-order valence-corrected chi connectivity index (χ0v) is 14.0. The minimum absolute atomic E-state index is 0.0157. The largest absolute Gasteiger partial charge is 0.418 e. The lowest BCUT2D eigenvalue weighted by Crippen LogP contribution is -2.37. The maximum absolute atomic E-state index is 13.3. The van der Waals surface area contributed by atoms with Gasteiger partial charge in [-0.15, -0.1) is 0 Å². The van der Waals surface area contributed by atoms with Crippen molar-refractivity contribution in [1.82, 2.24) is 9.88 Å². The molecule has 1 fully saturated rings. The highest BCUT2D eigenvalue weighted by molar-refractivity contribution is 5.78. The molecule has 1 heterocycles. The summed E-state index contributed by atoms with van der Waals surface area (Å²) in [7, 11) is 0. The highest BCUT2D eigenvalue weighted by atomic mass is 19.4. The third-order valence-corrected chi connectivity index (χ3v) is 4.16. The van der Waals surface area contributed by atoms with E-state index in [1.807, 2.05) is 6.07 Å². The van der Waals surface area contributed by atoms with Crippen LogP contribution in [0.15, 0.2) is 54.9 Å². The molecule has 0 bridgehead atoms. The number of nitrogens with zero attached hydrogens (tertiary/aromatic N) is 2. The van der Waals surface area contributed by atoms with E-state index in [2.05, 4.69) is 4.98 Å². The van der Waals surface area contributed by atoms with Crippen molar-refractivity contribution in [3.63, 3.8) is 0 Å². The summed E-state index contributed by atoms with van der Waals surface area (Å²) in [6.45, 7) is -0.293. The monoisotopic (exact) mass is 364 g/mol. The summed E-state index contributed by atoms with van der Waals surface area (Å²) in [6.07, 6.45) is -1.72. The summed E-state index contributed by atoms with van der Waals surface area (Å²) in [5.74, 6) is -0.443. The fourth-order valence-corrected chi connectivity index (χ4v) is 2.74. The van der Waals surface area contributed by atoms with Crippen molar-refractivity contribution in [2.75, 3.05) is 6.61 Å². The van der Waals surface area contributed by atoms with Gasteiger partial charge >= 0.3 is 6.18 Å². The molecular formula is C19H19F3N2O2. The van der Waals surface area contributed by atoms with E-state index in [9.17, 15) is 18.0 Å². The number of hydrogen-bond acceptors (Lipinski definition) is 3. The van der Waals surface area contributed by atoms with E-state index in [1.165, 1.54) is 24.3 Å². The number of hydrogen-bond donors (Lipinski definition) is 0. The molecule has 1 saturated carbocycles. The van der Waals surface area contributed by atoms with Crippen LogP contribution in [0.4, 0.5) is 13.2 Å². The van der Waals surface area contributed by atoms with Crippen LogP contribution in [0.25, 0.3) is 0 Å². The smallest absolute Gasteiger partial charge is 0.354 e. The lowest BCUT2D eigenvalue weighted by molar-refractivity contribution is -0.224. The molecule has 138 valence electrons. The topological polar surface area (TPSA) is 42.4 Å². The third-order valence-electron chi connectivity index (χ3n) is 4.16. The van der Waals surface area contributed by atoms with Crippen LogP contribution in [0.3, 0.4) is 0 Å². The van der Waals surface area contributed by atoms with E-state index in [4.69, 9.17) is 4.74 Å². The number of alkyl halides is 3. The summed E-state index contributed by atoms with van der Waals surface area (Å²) >= 11 is 0. The highest BCUT2D eigenvalue weighted by Crippen LogP contribution is 2.36. The van der Waals surface area contributed by atoms with Gasteiger partial charge in [-0.1, -0.05) is 36.4 Å². The number of aromatic nitrogens is 1. The van der Waals surface area contributed by atoms with Crippen LogP contribution in [0, 0.1) is 0 Å². The molecule has 0 radical (unpaired) electrons. The molecule has 2 aromatic rings. The molecule has 1 aromatic heterocycles. The molecule has 0 aliphatic heterocycles. The van der Waals surface area contributed by atoms with Crippen molar-refractivity contribution in [3.05, 3.63) is 66.0 Å². The zero-order chi connectivity index (χ0) is 18.6. The average Bonchev–Trinajstić information content (AvgIpc) is 3.45. The SMILES string of the molecule is O=C(CO[C@@H](c1ccccc1)C(F)(F)F)N(Cc1cccnc1)C1CC1. The number of halogens is 3. The summed E-state index contributed by atoms with van der Waals surface area (Å²) in [6, 6.07) is 11.0. The number of benzene rings is 1. The molecule has 1 aliphatic carbocycles. The van der Waals surface area contributed by atoms with E-state index in [1.54, 1.807) is 29.4 Å². The Morgan fingerprint density at radius 2 is 1.92 bits per heavy atom. The number of pyridine rings is 1. The zero-order valence-electron chi connectivity index (χ0n) is 14.0. The second kappa shape index (κ2) is 7.86. The molecule has 0 N–H and O–H groups in total. The Kier molecular flexibility index (Phi) is 5.56. The van der Waals surface area contributed by atoms with Crippen LogP contribution < -0.4 is 0 Å². The molecule has 0 spiro atoms. The molecule has 0 saturated heterocycles. The Labute approximate surface area is 149 Å². The van der Waals surface area contributed by atoms with Crippen molar-refractivity contribution >= 4 is 5.91 Å². The van der Waals surface area contributed by atoms with Crippen LogP contribution in [-0.2, 0) is 16.1 Å². The van der Waals surface area contributed by atoms with E-state index in [0.717, 1.165) is 18.4 Å². The first-order chi connectivity index (χ1) is 12.4. The molecular weight excluding hydrogens is 345 g/mol. The van der Waals surface area contributed by atoms with E-state index >= 15 is 0 Å². The molecule has 26 heavy (non-hydrogen) atoms. The summed E-state index contributed by atoms with van der Waals surface area (Å²) in [5, 5.41) is 0. The Balaban J connectivity index is 1.66. The molecule has 1 amide bonds. The Morgan fingerprint density at radius 1 is 1.19 bits per heavy atom. The summed E-state index contributed by atoms with van der Waals surface area (Å²) in [5.41, 5.74) is 0.821. The average molecular weight is 364 g/mol. The standard InChI is InChI=1S/C19H19F3N2O2/c20-19(21,22)18(15-6-2-1-3-7-15)26-13-17(25)24(16-8-9-16)12-14-5-4-10-23-11-14/h1-7,10-11,16,18H,8-9,12-13H2/t18-/m0/s1. The predicted octanol–water partition coefficient (Wildman–Crippen LogP) is 3.89. The quantitative estimate of drug-likeness (QED) is 0.749. The van der Waals surface area contributed by atoms with E-state index in [-0.39, 0.29) is 11.6 Å². The van der Waals surface area contributed by atoms with Crippen LogP contribution in [0.2, 0.25) is 0 Å². The number of carbonyl (C=O) groups excluding carboxylic acids is 1. The molecule has 1 aromatic carbocycles. The van der Waals surface area contributed by atoms with Gasteiger partial charge in [0, 0.05) is 25.0 Å². The molecule has 7 heteroatoms. The number of ether oxygens (including phenoxy) is 1. The Morgan fingerprint density at radius 3 is 2.50 bits per heavy atom. The normalized spacial score (nSPS) is 15.5.